The van der Waals surface area contributed by atoms with Crippen LogP contribution in [0.25, 0.3) is 0 Å². The topological polar surface area (TPSA) is 86.6 Å². The Hall–Kier alpha value is -2.50. The van der Waals surface area contributed by atoms with Gasteiger partial charge in [-0.1, -0.05) is 157 Å². The lowest BCUT2D eigenvalue weighted by Crippen LogP contribution is -2.48. The lowest BCUT2D eigenvalue weighted by molar-refractivity contribution is -0.00796. The first-order chi connectivity index (χ1) is 22.3. The number of allylic oxidation sites excluding steroid dienone is 3. The van der Waals surface area contributed by atoms with Gasteiger partial charge in [-0.25, -0.2) is 0 Å². The highest BCUT2D eigenvalue weighted by atomic mass is 16.3. The monoisotopic (exact) mass is 660 g/mol. The second-order valence-corrected chi connectivity index (χ2v) is 12.1. The van der Waals surface area contributed by atoms with Crippen molar-refractivity contribution in [3.05, 3.63) is 71.8 Å². The smallest absolute Gasteiger partial charge is 0.251 e. The largest absolute Gasteiger partial charge is 0.390 e. The molecule has 47 heavy (non-hydrogen) atoms. The fourth-order valence-corrected chi connectivity index (χ4v) is 3.61. The van der Waals surface area contributed by atoms with E-state index in [1.165, 1.54) is 44.9 Å². The molecule has 1 aromatic carbocycles. The minimum Gasteiger partial charge on any atom is -0.390 e. The van der Waals surface area contributed by atoms with Crippen molar-refractivity contribution in [3.63, 3.8) is 0 Å². The highest BCUT2D eigenvalue weighted by molar-refractivity contribution is 6.01. The van der Waals surface area contributed by atoms with E-state index >= 15 is 0 Å². The number of aliphatic hydroxyl groups excluding tert-OH is 2. The first-order valence-corrected chi connectivity index (χ1v) is 18.5. The molecule has 3 N–H and O–H groups in total. The molecular formula is C42H77NO4. The minimum absolute atomic E-state index is 0.00172. The van der Waals surface area contributed by atoms with E-state index in [4.69, 9.17) is 0 Å². The van der Waals surface area contributed by atoms with Crippen LogP contribution in [0.4, 0.5) is 0 Å². The van der Waals surface area contributed by atoms with E-state index in [0.717, 1.165) is 24.8 Å². The van der Waals surface area contributed by atoms with Crippen molar-refractivity contribution in [2.24, 2.45) is 5.92 Å². The van der Waals surface area contributed by atoms with Crippen LogP contribution in [0.1, 0.15) is 179 Å². The molecule has 274 valence electrons. The molecule has 0 saturated heterocycles. The van der Waals surface area contributed by atoms with Crippen LogP contribution in [-0.4, -0.2) is 40.2 Å². The van der Waals surface area contributed by atoms with Gasteiger partial charge in [0.1, 0.15) is 6.10 Å². The fourth-order valence-electron chi connectivity index (χ4n) is 3.61. The average molecular weight is 660 g/mol. The molecule has 0 spiro atoms. The summed E-state index contributed by atoms with van der Waals surface area (Å²) in [6.45, 7) is 32.4. The van der Waals surface area contributed by atoms with Crippen molar-refractivity contribution >= 4 is 11.7 Å². The van der Waals surface area contributed by atoms with Crippen LogP contribution in [0.2, 0.25) is 0 Å². The third-order valence-electron chi connectivity index (χ3n) is 7.47. The van der Waals surface area contributed by atoms with Gasteiger partial charge in [0.25, 0.3) is 5.91 Å². The Kier molecular flexibility index (Phi) is 39.7. The van der Waals surface area contributed by atoms with Crippen molar-refractivity contribution in [1.82, 2.24) is 5.32 Å². The summed E-state index contributed by atoms with van der Waals surface area (Å²) in [5, 5.41) is 23.8. The van der Waals surface area contributed by atoms with E-state index in [9.17, 15) is 19.8 Å². The molecule has 0 aliphatic carbocycles. The molecule has 0 bridgehead atoms. The molecule has 0 fully saturated rings. The normalized spacial score (nSPS) is 12.6. The highest BCUT2D eigenvalue weighted by Crippen LogP contribution is 2.18. The fraction of sp³-hybridized carbons (Fsp3) is 0.667. The molecular weight excluding hydrogens is 582 g/mol. The summed E-state index contributed by atoms with van der Waals surface area (Å²) in [5.41, 5.74) is 2.32. The molecule has 0 aliphatic heterocycles. The number of carbonyl (C=O) groups is 2. The van der Waals surface area contributed by atoms with E-state index in [1.54, 1.807) is 24.3 Å². The molecule has 0 saturated carbocycles. The molecule has 4 atom stereocenters. The summed E-state index contributed by atoms with van der Waals surface area (Å²) in [6.07, 6.45) is 16.0. The Morgan fingerprint density at radius 3 is 1.62 bits per heavy atom. The van der Waals surface area contributed by atoms with Crippen LogP contribution >= 0.6 is 0 Å². The number of aryl methyl sites for hydroxylation is 1. The molecule has 0 heterocycles. The van der Waals surface area contributed by atoms with E-state index in [-0.39, 0.29) is 18.1 Å². The number of hydrogen-bond acceptors (Lipinski definition) is 4. The molecule has 0 aliphatic rings. The zero-order valence-corrected chi connectivity index (χ0v) is 32.9. The molecule has 0 aromatic heterocycles. The molecule has 1 aromatic rings. The van der Waals surface area contributed by atoms with Gasteiger partial charge in [-0.3, -0.25) is 9.59 Å². The van der Waals surface area contributed by atoms with Gasteiger partial charge in [0, 0.05) is 17.0 Å². The lowest BCUT2D eigenvalue weighted by Gasteiger charge is -2.28. The van der Waals surface area contributed by atoms with Crippen LogP contribution in [0.5, 0.6) is 0 Å². The number of hydrogen-bond donors (Lipinski definition) is 3. The van der Waals surface area contributed by atoms with Crippen molar-refractivity contribution in [3.8, 4) is 0 Å². The second-order valence-electron chi connectivity index (χ2n) is 12.1. The Bertz CT molecular complexity index is 923. The quantitative estimate of drug-likeness (QED) is 0.0882. The minimum atomic E-state index is -1.14. The predicted octanol–water partition coefficient (Wildman–Crippen LogP) is 11.8. The average Bonchev–Trinajstić information content (AvgIpc) is 3.09. The van der Waals surface area contributed by atoms with Crippen molar-refractivity contribution in [1.29, 1.82) is 0 Å². The molecule has 4 unspecified atom stereocenters. The zero-order valence-electron chi connectivity index (χ0n) is 32.9. The Morgan fingerprint density at radius 1 is 0.787 bits per heavy atom. The molecule has 5 heteroatoms. The lowest BCUT2D eigenvalue weighted by atomic mass is 9.93. The number of Topliss-reactive ketones (excluding diaryl/α,β-unsaturated/α-hetero) is 1. The summed E-state index contributed by atoms with van der Waals surface area (Å²) < 4.78 is 0. The maximum Gasteiger partial charge on any atom is 0.251 e. The Morgan fingerprint density at radius 2 is 1.26 bits per heavy atom. The van der Waals surface area contributed by atoms with Gasteiger partial charge in [0.15, 0.2) is 5.78 Å². The number of carbonyl (C=O) groups excluding carboxylic acids is 2. The maximum atomic E-state index is 13.0. The van der Waals surface area contributed by atoms with E-state index in [2.05, 4.69) is 60.0 Å². The van der Waals surface area contributed by atoms with Gasteiger partial charge in [0.2, 0.25) is 0 Å². The number of aliphatic hydroxyl groups is 2. The maximum absolute atomic E-state index is 13.0. The summed E-state index contributed by atoms with van der Waals surface area (Å²) >= 11 is 0. The van der Waals surface area contributed by atoms with E-state index in [1.807, 2.05) is 53.7 Å². The van der Waals surface area contributed by atoms with Gasteiger partial charge >= 0.3 is 0 Å². The number of unbranched alkanes of at least 4 members (excludes halogenated alkanes) is 5. The summed E-state index contributed by atoms with van der Waals surface area (Å²) in [4.78, 5) is 25.5. The van der Waals surface area contributed by atoms with Crippen LogP contribution in [0.3, 0.4) is 0 Å². The standard InChI is InChI=1S/C25H37NO4.C5H12.2C4H10.C4H8/c1-7-10-11-22(27)24(29)21(14-16(4)8-2)26-25(30)20-13-17(5)12-19(15-20)23(28)18(6)9-3;1-3-5-4-2;3*1-3-4-2/h8,12-13,15,18,21-22,24,27,29H,2,4,7,9-11,14H2,1,3,5-6H3,(H,26,30);3-5H2,1-2H3;2*3-4H2,1-2H3;3-4H,1-2H3/b;;;;4-3-. The molecule has 1 rings (SSSR count). The number of amides is 1. The summed E-state index contributed by atoms with van der Waals surface area (Å²) in [5.74, 6) is -0.524. The van der Waals surface area contributed by atoms with Crippen LogP contribution in [0, 0.1) is 12.8 Å². The second kappa shape index (κ2) is 36.3. The Labute approximate surface area is 292 Å². The SMILES string of the molecule is C/C=C\C.C=CC(=C)CC(NC(=O)c1cc(C)cc(C(=O)C(C)CC)c1)C(O)C(O)CCCC.CCCC.CCCC.CCCCC. The molecule has 5 nitrogen and oxygen atoms in total. The third-order valence-corrected chi connectivity index (χ3v) is 7.47. The predicted molar refractivity (Wildman–Crippen MR) is 209 cm³/mol. The molecule has 0 radical (unpaired) electrons. The third kappa shape index (κ3) is 29.4. The van der Waals surface area contributed by atoms with Crippen molar-refractivity contribution < 1.29 is 19.8 Å². The van der Waals surface area contributed by atoms with Crippen LogP contribution in [-0.2, 0) is 0 Å². The summed E-state index contributed by atoms with van der Waals surface area (Å²) in [7, 11) is 0. The van der Waals surface area contributed by atoms with Gasteiger partial charge < -0.3 is 15.5 Å². The van der Waals surface area contributed by atoms with Gasteiger partial charge in [-0.15, -0.1) is 0 Å². The van der Waals surface area contributed by atoms with Crippen molar-refractivity contribution in [2.75, 3.05) is 0 Å². The molecule has 1 amide bonds. The number of rotatable bonds is 17. The van der Waals surface area contributed by atoms with Crippen LogP contribution in [0.15, 0.2) is 55.2 Å². The van der Waals surface area contributed by atoms with Gasteiger partial charge in [-0.2, -0.15) is 0 Å². The summed E-state index contributed by atoms with van der Waals surface area (Å²) in [6, 6.07) is 4.37. The number of ketones is 1. The number of benzene rings is 1. The first-order valence-electron chi connectivity index (χ1n) is 18.5. The highest BCUT2D eigenvalue weighted by Gasteiger charge is 2.28. The van der Waals surface area contributed by atoms with E-state index < -0.39 is 24.2 Å². The van der Waals surface area contributed by atoms with E-state index in [0.29, 0.717) is 23.1 Å². The van der Waals surface area contributed by atoms with Crippen molar-refractivity contribution in [2.45, 2.75) is 178 Å². The number of nitrogens with one attached hydrogen (secondary N) is 1. The zero-order chi connectivity index (χ0) is 37.2. The Balaban J connectivity index is -0.000000445. The van der Waals surface area contributed by atoms with Gasteiger partial charge in [0.05, 0.1) is 12.1 Å². The van der Waals surface area contributed by atoms with Crippen LogP contribution < -0.4 is 5.32 Å². The van der Waals surface area contributed by atoms with Gasteiger partial charge in [-0.05, 0) is 63.8 Å². The first kappa shape index (κ1) is 51.3.